The van der Waals surface area contributed by atoms with Gasteiger partial charge in [0.05, 0.1) is 0 Å². The van der Waals surface area contributed by atoms with Gasteiger partial charge in [-0.2, -0.15) is 0 Å². The van der Waals surface area contributed by atoms with Gasteiger partial charge in [0, 0.05) is 43.4 Å². The predicted octanol–water partition coefficient (Wildman–Crippen LogP) is 2.81. The molecule has 0 unspecified atom stereocenters. The normalized spacial score (nSPS) is 13.0. The summed E-state index contributed by atoms with van der Waals surface area (Å²) < 4.78 is 0. The van der Waals surface area contributed by atoms with Crippen molar-refractivity contribution in [2.75, 3.05) is 12.4 Å². The topological polar surface area (TPSA) is 78.5 Å². The summed E-state index contributed by atoms with van der Waals surface area (Å²) in [4.78, 5) is 37.6. The number of hydrogen-bond acceptors (Lipinski definition) is 3. The van der Waals surface area contributed by atoms with Crippen LogP contribution in [0.15, 0.2) is 48.5 Å². The molecule has 0 atom stereocenters. The van der Waals surface area contributed by atoms with Gasteiger partial charge in [0.25, 0.3) is 11.8 Å². The lowest BCUT2D eigenvalue weighted by molar-refractivity contribution is -0.114. The standard InChI is InChI=1S/C21H23N3O3/c1-14(25)23-18-9-7-17(8-10-18)21(27)24(19-11-12-19)13-15-3-5-16(6-4-15)20(26)22-2/h3-10,19H,11-13H2,1-2H3,(H,22,26)(H,23,25). The highest BCUT2D eigenvalue weighted by atomic mass is 16.2. The summed E-state index contributed by atoms with van der Waals surface area (Å²) >= 11 is 0. The van der Waals surface area contributed by atoms with E-state index in [4.69, 9.17) is 0 Å². The van der Waals surface area contributed by atoms with E-state index in [1.165, 1.54) is 6.92 Å². The van der Waals surface area contributed by atoms with Crippen molar-refractivity contribution in [3.63, 3.8) is 0 Å². The number of hydrogen-bond donors (Lipinski definition) is 2. The minimum absolute atomic E-state index is 0.0257. The summed E-state index contributed by atoms with van der Waals surface area (Å²) in [5.41, 5.74) is 2.84. The first kappa shape index (κ1) is 18.6. The minimum Gasteiger partial charge on any atom is -0.355 e. The average Bonchev–Trinajstić information content (AvgIpc) is 3.50. The molecule has 0 saturated heterocycles. The Kier molecular flexibility index (Phi) is 5.54. The lowest BCUT2D eigenvalue weighted by Crippen LogP contribution is -2.32. The highest BCUT2D eigenvalue weighted by Gasteiger charge is 2.33. The Labute approximate surface area is 158 Å². The summed E-state index contributed by atoms with van der Waals surface area (Å²) in [7, 11) is 1.60. The summed E-state index contributed by atoms with van der Waals surface area (Å²) in [5, 5.41) is 5.29. The molecule has 3 rings (SSSR count). The molecule has 0 bridgehead atoms. The summed E-state index contributed by atoms with van der Waals surface area (Å²) in [6, 6.07) is 14.5. The molecule has 1 saturated carbocycles. The zero-order valence-corrected chi connectivity index (χ0v) is 15.5. The maximum absolute atomic E-state index is 13.0. The van der Waals surface area contributed by atoms with Crippen molar-refractivity contribution < 1.29 is 14.4 Å². The lowest BCUT2D eigenvalue weighted by Gasteiger charge is -2.23. The van der Waals surface area contributed by atoms with Gasteiger partial charge in [0.15, 0.2) is 0 Å². The summed E-state index contributed by atoms with van der Waals surface area (Å²) in [6.07, 6.45) is 2.01. The van der Waals surface area contributed by atoms with Gasteiger partial charge in [-0.15, -0.1) is 0 Å². The first-order valence-electron chi connectivity index (χ1n) is 8.97. The molecule has 1 fully saturated rings. The number of rotatable bonds is 6. The minimum atomic E-state index is -0.145. The second kappa shape index (κ2) is 8.03. The van der Waals surface area contributed by atoms with Crippen molar-refractivity contribution in [3.05, 3.63) is 65.2 Å². The van der Waals surface area contributed by atoms with Crippen LogP contribution in [0, 0.1) is 0 Å². The summed E-state index contributed by atoms with van der Waals surface area (Å²) in [6.45, 7) is 1.95. The third kappa shape index (κ3) is 4.73. The van der Waals surface area contributed by atoms with Crippen LogP contribution >= 0.6 is 0 Å². The zero-order chi connectivity index (χ0) is 19.4. The number of anilines is 1. The molecular formula is C21H23N3O3. The van der Waals surface area contributed by atoms with Gasteiger partial charge in [0.1, 0.15) is 0 Å². The molecule has 0 aromatic heterocycles. The molecule has 27 heavy (non-hydrogen) atoms. The Hall–Kier alpha value is -3.15. The van der Waals surface area contributed by atoms with Crippen LogP contribution in [0.4, 0.5) is 5.69 Å². The maximum Gasteiger partial charge on any atom is 0.254 e. The fourth-order valence-corrected chi connectivity index (χ4v) is 2.92. The van der Waals surface area contributed by atoms with Crippen LogP contribution in [0.5, 0.6) is 0 Å². The molecule has 3 amide bonds. The fraction of sp³-hybridized carbons (Fsp3) is 0.286. The highest BCUT2D eigenvalue weighted by Crippen LogP contribution is 2.30. The van der Waals surface area contributed by atoms with Gasteiger partial charge in [-0.25, -0.2) is 0 Å². The molecule has 0 aliphatic heterocycles. The van der Waals surface area contributed by atoms with Crippen LogP contribution in [-0.4, -0.2) is 35.7 Å². The van der Waals surface area contributed by atoms with Gasteiger partial charge in [-0.3, -0.25) is 14.4 Å². The van der Waals surface area contributed by atoms with E-state index >= 15 is 0 Å². The number of benzene rings is 2. The molecule has 1 aliphatic rings. The van der Waals surface area contributed by atoms with Gasteiger partial charge in [-0.1, -0.05) is 12.1 Å². The van der Waals surface area contributed by atoms with Crippen molar-refractivity contribution in [1.29, 1.82) is 0 Å². The van der Waals surface area contributed by atoms with Crippen molar-refractivity contribution in [2.24, 2.45) is 0 Å². The van der Waals surface area contributed by atoms with Crippen LogP contribution < -0.4 is 10.6 Å². The molecule has 6 nitrogen and oxygen atoms in total. The Balaban J connectivity index is 1.72. The van der Waals surface area contributed by atoms with Crippen molar-refractivity contribution in [2.45, 2.75) is 32.4 Å². The molecule has 140 valence electrons. The second-order valence-electron chi connectivity index (χ2n) is 6.70. The van der Waals surface area contributed by atoms with E-state index in [2.05, 4.69) is 10.6 Å². The molecule has 0 radical (unpaired) electrons. The number of nitrogens with one attached hydrogen (secondary N) is 2. The summed E-state index contributed by atoms with van der Waals surface area (Å²) in [5.74, 6) is -0.299. The largest absolute Gasteiger partial charge is 0.355 e. The zero-order valence-electron chi connectivity index (χ0n) is 15.5. The van der Waals surface area contributed by atoms with Crippen LogP contribution in [0.3, 0.4) is 0 Å². The van der Waals surface area contributed by atoms with Gasteiger partial charge in [0.2, 0.25) is 5.91 Å². The number of carbonyl (C=O) groups is 3. The molecule has 2 aromatic rings. The van der Waals surface area contributed by atoms with E-state index in [1.807, 2.05) is 17.0 Å². The average molecular weight is 365 g/mol. The molecule has 1 aliphatic carbocycles. The van der Waals surface area contributed by atoms with Gasteiger partial charge >= 0.3 is 0 Å². The molecular weight excluding hydrogens is 342 g/mol. The Morgan fingerprint density at radius 1 is 0.963 bits per heavy atom. The van der Waals surface area contributed by atoms with Crippen molar-refractivity contribution in [3.8, 4) is 0 Å². The number of amides is 3. The Morgan fingerprint density at radius 2 is 1.56 bits per heavy atom. The molecule has 2 N–H and O–H groups in total. The van der Waals surface area contributed by atoms with Crippen LogP contribution in [-0.2, 0) is 11.3 Å². The predicted molar refractivity (Wildman–Crippen MR) is 103 cm³/mol. The van der Waals surface area contributed by atoms with Gasteiger partial charge < -0.3 is 15.5 Å². The number of carbonyl (C=O) groups excluding carboxylic acids is 3. The van der Waals surface area contributed by atoms with E-state index in [9.17, 15) is 14.4 Å². The SMILES string of the molecule is CNC(=O)c1ccc(CN(C(=O)c2ccc(NC(C)=O)cc2)C2CC2)cc1. The number of nitrogens with zero attached hydrogens (tertiary/aromatic N) is 1. The lowest BCUT2D eigenvalue weighted by atomic mass is 10.1. The third-order valence-corrected chi connectivity index (χ3v) is 4.50. The van der Waals surface area contributed by atoms with E-state index < -0.39 is 0 Å². The van der Waals surface area contributed by atoms with Gasteiger partial charge in [-0.05, 0) is 54.8 Å². The van der Waals surface area contributed by atoms with E-state index in [0.717, 1.165) is 18.4 Å². The van der Waals surface area contributed by atoms with Crippen molar-refractivity contribution in [1.82, 2.24) is 10.2 Å². The van der Waals surface area contributed by atoms with Crippen LogP contribution in [0.25, 0.3) is 0 Å². The van der Waals surface area contributed by atoms with Crippen LogP contribution in [0.1, 0.15) is 46.0 Å². The smallest absolute Gasteiger partial charge is 0.254 e. The Morgan fingerprint density at radius 3 is 2.07 bits per heavy atom. The monoisotopic (exact) mass is 365 g/mol. The van der Waals surface area contributed by atoms with Crippen molar-refractivity contribution >= 4 is 23.4 Å². The van der Waals surface area contributed by atoms with E-state index in [-0.39, 0.29) is 23.8 Å². The third-order valence-electron chi connectivity index (χ3n) is 4.50. The molecule has 0 spiro atoms. The molecule has 0 heterocycles. The fourth-order valence-electron chi connectivity index (χ4n) is 2.92. The first-order chi connectivity index (χ1) is 13.0. The Bertz CT molecular complexity index is 840. The van der Waals surface area contributed by atoms with E-state index in [1.54, 1.807) is 43.4 Å². The van der Waals surface area contributed by atoms with Crippen LogP contribution in [0.2, 0.25) is 0 Å². The van der Waals surface area contributed by atoms with E-state index in [0.29, 0.717) is 23.4 Å². The second-order valence-corrected chi connectivity index (χ2v) is 6.70. The first-order valence-corrected chi connectivity index (χ1v) is 8.97. The molecule has 2 aromatic carbocycles. The maximum atomic E-state index is 13.0. The molecule has 6 heteroatoms. The quantitative estimate of drug-likeness (QED) is 0.826. The highest BCUT2D eigenvalue weighted by molar-refractivity contribution is 5.96.